The van der Waals surface area contributed by atoms with Gasteiger partial charge in [0.2, 0.25) is 0 Å². The summed E-state index contributed by atoms with van der Waals surface area (Å²) in [5.74, 6) is -9.01. The third-order valence-electron chi connectivity index (χ3n) is 6.57. The van der Waals surface area contributed by atoms with Crippen molar-refractivity contribution in [2.24, 2.45) is 17.8 Å². The molecule has 2 aromatic rings. The Morgan fingerprint density at radius 2 is 1.34 bits per heavy atom. The average molecular weight is 504 g/mol. The zero-order chi connectivity index (χ0) is 25.3. The fraction of sp³-hybridized carbons (Fsp3) is 0.440. The van der Waals surface area contributed by atoms with Gasteiger partial charge in [0.05, 0.1) is 13.2 Å². The van der Waals surface area contributed by atoms with E-state index in [4.69, 9.17) is 9.47 Å². The molecule has 0 amide bonds. The maximum Gasteiger partial charge on any atom is 0.432 e. The maximum absolute atomic E-state index is 14.6. The molecule has 35 heavy (non-hydrogen) atoms. The van der Waals surface area contributed by atoms with Gasteiger partial charge in [-0.05, 0) is 49.7 Å². The van der Waals surface area contributed by atoms with Gasteiger partial charge in [-0.1, -0.05) is 6.08 Å². The second-order valence-electron chi connectivity index (χ2n) is 8.85. The normalized spacial score (nSPS) is 25.3. The van der Waals surface area contributed by atoms with Crippen molar-refractivity contribution >= 4 is 0 Å². The van der Waals surface area contributed by atoms with Gasteiger partial charge in [0.15, 0.2) is 23.7 Å². The second kappa shape index (κ2) is 10.2. The smallest absolute Gasteiger partial charge is 0.429 e. The lowest BCUT2D eigenvalue weighted by atomic mass is 9.76. The molecule has 0 N–H and O–H groups in total. The minimum Gasteiger partial charge on any atom is -0.429 e. The first-order valence-corrected chi connectivity index (χ1v) is 11.2. The van der Waals surface area contributed by atoms with Crippen LogP contribution in [0.15, 0.2) is 36.9 Å². The molecule has 2 fully saturated rings. The monoisotopic (exact) mass is 504 g/mol. The van der Waals surface area contributed by atoms with Crippen molar-refractivity contribution in [3.63, 3.8) is 0 Å². The molecule has 4 rings (SSSR count). The van der Waals surface area contributed by atoms with Crippen LogP contribution < -0.4 is 4.74 Å². The lowest BCUT2D eigenvalue weighted by Gasteiger charge is -2.37. The van der Waals surface area contributed by atoms with Gasteiger partial charge in [0.25, 0.3) is 0 Å². The standard InChI is InChI=1S/C25H23F7O3/c1-2-13-3-5-14(6-4-13)16-11-33-24(34-12-16)15-7-18(26)22(19(27)8-15)25(31,32)35-17-9-20(28)23(30)21(29)10-17/h2,7-10,13-14,16,24H,1,3-6,11-12H2. The van der Waals surface area contributed by atoms with Crippen molar-refractivity contribution in [2.75, 3.05) is 13.2 Å². The van der Waals surface area contributed by atoms with Crippen LogP contribution in [0.3, 0.4) is 0 Å². The van der Waals surface area contributed by atoms with Crippen molar-refractivity contribution in [1.82, 2.24) is 0 Å². The molecule has 2 aromatic carbocycles. The molecule has 190 valence electrons. The minimum atomic E-state index is -4.66. The van der Waals surface area contributed by atoms with Crippen LogP contribution in [0.5, 0.6) is 5.75 Å². The highest BCUT2D eigenvalue weighted by molar-refractivity contribution is 5.32. The average Bonchev–Trinajstić information content (AvgIpc) is 2.81. The van der Waals surface area contributed by atoms with E-state index in [-0.39, 0.29) is 23.6 Å². The third-order valence-corrected chi connectivity index (χ3v) is 6.57. The van der Waals surface area contributed by atoms with Crippen LogP contribution >= 0.6 is 0 Å². The third kappa shape index (κ3) is 5.48. The van der Waals surface area contributed by atoms with E-state index >= 15 is 0 Å². The fourth-order valence-corrected chi connectivity index (χ4v) is 4.63. The molecule has 1 heterocycles. The first-order chi connectivity index (χ1) is 16.6. The molecule has 0 bridgehead atoms. The number of alkyl halides is 2. The highest BCUT2D eigenvalue weighted by Gasteiger charge is 2.42. The lowest BCUT2D eigenvalue weighted by molar-refractivity contribution is -0.215. The van der Waals surface area contributed by atoms with Crippen molar-refractivity contribution < 1.29 is 44.9 Å². The van der Waals surface area contributed by atoms with Gasteiger partial charge in [-0.25, -0.2) is 22.0 Å². The van der Waals surface area contributed by atoms with Crippen molar-refractivity contribution in [1.29, 1.82) is 0 Å². The van der Waals surface area contributed by atoms with E-state index in [0.29, 0.717) is 37.2 Å². The minimum absolute atomic E-state index is 0.111. The Labute approximate surface area is 197 Å². The number of hydrogen-bond donors (Lipinski definition) is 0. The van der Waals surface area contributed by atoms with Gasteiger partial charge >= 0.3 is 6.11 Å². The van der Waals surface area contributed by atoms with Crippen LogP contribution in [0.2, 0.25) is 0 Å². The van der Waals surface area contributed by atoms with Crippen molar-refractivity contribution in [3.05, 3.63) is 77.1 Å². The van der Waals surface area contributed by atoms with Gasteiger partial charge in [-0.2, -0.15) is 8.78 Å². The Balaban J connectivity index is 1.45. The van der Waals surface area contributed by atoms with E-state index in [2.05, 4.69) is 11.3 Å². The van der Waals surface area contributed by atoms with Gasteiger partial charge in [0.1, 0.15) is 22.9 Å². The van der Waals surface area contributed by atoms with Crippen LogP contribution in [0.1, 0.15) is 43.1 Å². The zero-order valence-electron chi connectivity index (χ0n) is 18.5. The topological polar surface area (TPSA) is 27.7 Å². The maximum atomic E-state index is 14.6. The summed E-state index contributed by atoms with van der Waals surface area (Å²) in [6.45, 7) is 4.41. The molecule has 0 aromatic heterocycles. The number of benzene rings is 2. The van der Waals surface area contributed by atoms with Crippen LogP contribution in [0.4, 0.5) is 30.7 Å². The van der Waals surface area contributed by atoms with Crippen LogP contribution in [-0.4, -0.2) is 13.2 Å². The lowest BCUT2D eigenvalue weighted by Crippen LogP contribution is -2.34. The highest BCUT2D eigenvalue weighted by atomic mass is 19.3. The molecule has 0 spiro atoms. The van der Waals surface area contributed by atoms with E-state index in [0.717, 1.165) is 25.7 Å². The first-order valence-electron chi connectivity index (χ1n) is 11.2. The molecule has 0 atom stereocenters. The molecule has 1 saturated heterocycles. The summed E-state index contributed by atoms with van der Waals surface area (Å²) in [6, 6.07) is 1.53. The fourth-order valence-electron chi connectivity index (χ4n) is 4.63. The summed E-state index contributed by atoms with van der Waals surface area (Å²) in [6.07, 6.45) is 0.189. The number of hydrogen-bond acceptors (Lipinski definition) is 3. The van der Waals surface area contributed by atoms with Crippen molar-refractivity contribution in [2.45, 2.75) is 38.1 Å². The zero-order valence-corrected chi connectivity index (χ0v) is 18.5. The van der Waals surface area contributed by atoms with E-state index in [1.807, 2.05) is 6.08 Å². The van der Waals surface area contributed by atoms with E-state index < -0.39 is 52.8 Å². The predicted molar refractivity (Wildman–Crippen MR) is 111 cm³/mol. The van der Waals surface area contributed by atoms with E-state index in [9.17, 15) is 30.7 Å². The molecule has 10 heteroatoms. The molecule has 1 aliphatic carbocycles. The van der Waals surface area contributed by atoms with Gasteiger partial charge in [0, 0.05) is 23.6 Å². The predicted octanol–water partition coefficient (Wildman–Crippen LogP) is 7.16. The summed E-state index contributed by atoms with van der Waals surface area (Å²) in [5, 5.41) is 0. The molecule has 3 nitrogen and oxygen atoms in total. The Bertz CT molecular complexity index is 1030. The van der Waals surface area contributed by atoms with Crippen LogP contribution in [0.25, 0.3) is 0 Å². The Hall–Kier alpha value is -2.59. The number of rotatable bonds is 6. The Morgan fingerprint density at radius 3 is 1.86 bits per heavy atom. The molecule has 0 radical (unpaired) electrons. The number of allylic oxidation sites excluding steroid dienone is 1. The first kappa shape index (κ1) is 25.5. The SMILES string of the molecule is C=CC1CCC(C2COC(c3cc(F)c(C(F)(F)Oc4cc(F)c(F)c(F)c4)c(F)c3)OC2)CC1. The largest absolute Gasteiger partial charge is 0.432 e. The summed E-state index contributed by atoms with van der Waals surface area (Å²) in [4.78, 5) is 0. The van der Waals surface area contributed by atoms with Gasteiger partial charge < -0.3 is 14.2 Å². The Kier molecular flexibility index (Phi) is 7.42. The second-order valence-corrected chi connectivity index (χ2v) is 8.85. The van der Waals surface area contributed by atoms with Gasteiger partial charge in [-0.15, -0.1) is 6.58 Å². The highest BCUT2D eigenvalue weighted by Crippen LogP contribution is 2.40. The van der Waals surface area contributed by atoms with Crippen LogP contribution in [-0.2, 0) is 15.6 Å². The van der Waals surface area contributed by atoms with E-state index in [1.54, 1.807) is 0 Å². The molecule has 2 aliphatic rings. The molecule has 1 aliphatic heterocycles. The molecule has 0 unspecified atom stereocenters. The summed E-state index contributed by atoms with van der Waals surface area (Å²) < 4.78 is 113. The Morgan fingerprint density at radius 1 is 0.800 bits per heavy atom. The summed E-state index contributed by atoms with van der Waals surface area (Å²) in [7, 11) is 0. The quantitative estimate of drug-likeness (QED) is 0.237. The molecular formula is C25H23F7O3. The van der Waals surface area contributed by atoms with Gasteiger partial charge in [-0.3, -0.25) is 0 Å². The molecule has 1 saturated carbocycles. The van der Waals surface area contributed by atoms with Crippen molar-refractivity contribution in [3.8, 4) is 5.75 Å². The summed E-state index contributed by atoms with van der Waals surface area (Å²) >= 11 is 0. The molecular weight excluding hydrogens is 481 g/mol. The number of halogens is 7. The van der Waals surface area contributed by atoms with E-state index in [1.165, 1.54) is 0 Å². The van der Waals surface area contributed by atoms with Crippen LogP contribution in [0, 0.1) is 46.8 Å². The number of ether oxygens (including phenoxy) is 3. The summed E-state index contributed by atoms with van der Waals surface area (Å²) in [5.41, 5.74) is -1.92.